The molecule has 5 rings (SSSR count). The van der Waals surface area contributed by atoms with Gasteiger partial charge in [-0.05, 0) is 106 Å². The third-order valence-corrected chi connectivity index (χ3v) is 18.0. The van der Waals surface area contributed by atoms with Crippen LogP contribution >= 0.6 is 0 Å². The Labute approximate surface area is 653 Å². The second-order valence-corrected chi connectivity index (χ2v) is 28.7. The highest BCUT2D eigenvalue weighted by Crippen LogP contribution is 2.21. The number of nitrogens with one attached hydrogen (secondary N) is 15. The number of hydrogen-bond acceptors (Lipinski definition) is 20. The Balaban J connectivity index is 1.49. The first-order valence-electron chi connectivity index (χ1n) is 37.2. The van der Waals surface area contributed by atoms with Crippen LogP contribution in [0.5, 0.6) is 5.75 Å². The molecule has 0 bridgehead atoms. The van der Waals surface area contributed by atoms with Crippen LogP contribution in [0.4, 0.5) is 0 Å². The minimum Gasteiger partial charge on any atom is -0.508 e. The van der Waals surface area contributed by atoms with Crippen molar-refractivity contribution in [3.63, 3.8) is 0 Å². The van der Waals surface area contributed by atoms with Gasteiger partial charge in [-0.2, -0.15) is 0 Å². The first-order chi connectivity index (χ1) is 53.4. The van der Waals surface area contributed by atoms with Gasteiger partial charge in [-0.1, -0.05) is 88.4 Å². The van der Waals surface area contributed by atoms with E-state index < -0.39 is 187 Å². The van der Waals surface area contributed by atoms with Crippen LogP contribution < -0.4 is 80.6 Å². The van der Waals surface area contributed by atoms with Gasteiger partial charge in [0.25, 0.3) is 0 Å². The van der Waals surface area contributed by atoms with E-state index in [1.54, 1.807) is 74.6 Å². The molecule has 37 heteroatoms. The summed E-state index contributed by atoms with van der Waals surface area (Å²) >= 11 is 0. The van der Waals surface area contributed by atoms with Crippen molar-refractivity contribution < 1.29 is 92.3 Å². The number of phenols is 1. The number of carbonyl (C=O) groups excluding carboxylic acids is 15. The highest BCUT2D eigenvalue weighted by molar-refractivity contribution is 6.00. The molecule has 14 atom stereocenters. The molecular weight excluding hydrogens is 1470 g/mol. The van der Waals surface area contributed by atoms with Crippen LogP contribution in [0.2, 0.25) is 0 Å². The number of fused-ring (bicyclic) bond motifs is 1. The molecule has 616 valence electrons. The van der Waals surface area contributed by atoms with Gasteiger partial charge in [0, 0.05) is 81.5 Å². The molecule has 0 saturated carbocycles. The number of aromatic hydroxyl groups is 1. The number of H-pyrrole nitrogens is 2. The minimum atomic E-state index is -1.75. The van der Waals surface area contributed by atoms with Gasteiger partial charge < -0.3 is 111 Å². The largest absolute Gasteiger partial charge is 0.508 e. The fraction of sp³-hybridized carbons (Fsp3) is 0.500. The quantitative estimate of drug-likeness (QED) is 0.0169. The van der Waals surface area contributed by atoms with Crippen LogP contribution in [0, 0.1) is 11.8 Å². The smallest absolute Gasteiger partial charge is 0.245 e. The molecule has 0 aliphatic carbocycles. The number of unbranched alkanes of at least 4 members (excludes halogenated alkanes) is 1. The van der Waals surface area contributed by atoms with E-state index in [1.807, 2.05) is 13.8 Å². The summed E-state index contributed by atoms with van der Waals surface area (Å²) in [6, 6.07) is 2.22. The molecular formula is C76H108N18O19. The van der Waals surface area contributed by atoms with Gasteiger partial charge in [-0.3, -0.25) is 71.9 Å². The van der Waals surface area contributed by atoms with Gasteiger partial charge in [0.05, 0.1) is 25.1 Å². The average Bonchev–Trinajstić information content (AvgIpc) is 1.73. The Kier molecular flexibility index (Phi) is 36.9. The number of carbonyl (C=O) groups is 15. The number of phenolic OH excluding ortho intramolecular Hbond substituents is 1. The van der Waals surface area contributed by atoms with Crippen LogP contribution in [0.15, 0.2) is 97.6 Å². The Hall–Kier alpha value is -11.9. The molecule has 2 aromatic heterocycles. The second-order valence-electron chi connectivity index (χ2n) is 28.7. The Morgan fingerprint density at radius 3 is 1.38 bits per heavy atom. The lowest BCUT2D eigenvalue weighted by molar-refractivity contribution is -0.137. The number of nitrogens with two attached hydrogens (primary N) is 2. The lowest BCUT2D eigenvalue weighted by Crippen LogP contribution is -2.62. The zero-order chi connectivity index (χ0) is 83.8. The van der Waals surface area contributed by atoms with Gasteiger partial charge in [0.15, 0.2) is 0 Å². The zero-order valence-electron chi connectivity index (χ0n) is 64.7. The van der Waals surface area contributed by atoms with Crippen molar-refractivity contribution >= 4 is 99.5 Å². The standard InChI is InChI=1S/C76H108N18O19/c1-39(2)29-55(84-45(9)99)73(110)93-63(42(6)96)75(112)91-58(31-46-17-11-10-12-18-46)70(107)86-53(21-15-16-28-80-44(8)98)67(104)90-60(34-49-36-79-38-82-49)72(109)88-57(32-47-22-24-50(100)25-23-47)71(108)89-59(33-48-35-81-52-20-14-13-19-51(48)52)69(106)83-41(5)66(103)85-54(26-27-62(77)101)68(105)87-56(30-40(3)4)74(111)94-64(43(7)97)76(113)92-61(37-95)65(78)102/h10-14,17-20,22-25,35-36,38-43,53-61,63-64,81,95-97,100H,15-16,21,26-34,37H2,1-9H3,(H2,77,101)(H2,78,102)(H,79,82)(H,80,98)(H,83,106)(H,84,99)(H,85,103)(H,86,107)(H,87,105)(H,88,109)(H,89,108)(H,90,104)(H,91,112)(H,92,113)(H,93,110)(H,94,111)/t41-,42+,43+,53-,54-,55-,56-,57-,58-,59-,60-,61-,63-,64-/m0/s1. The van der Waals surface area contributed by atoms with E-state index in [0.717, 1.165) is 6.92 Å². The van der Waals surface area contributed by atoms with E-state index in [2.05, 4.69) is 84.1 Å². The van der Waals surface area contributed by atoms with E-state index in [1.165, 1.54) is 64.5 Å². The van der Waals surface area contributed by atoms with Crippen LogP contribution in [-0.2, 0) is 97.6 Å². The summed E-state index contributed by atoms with van der Waals surface area (Å²) in [5.74, 6) is -14.4. The van der Waals surface area contributed by atoms with Crippen molar-refractivity contribution in [2.75, 3.05) is 13.2 Å². The molecule has 0 spiro atoms. The molecule has 0 aliphatic heterocycles. The van der Waals surface area contributed by atoms with Crippen LogP contribution in [0.25, 0.3) is 10.9 Å². The van der Waals surface area contributed by atoms with E-state index in [9.17, 15) is 78.0 Å². The molecule has 0 unspecified atom stereocenters. The summed E-state index contributed by atoms with van der Waals surface area (Å²) in [5.41, 5.74) is 13.0. The fourth-order valence-electron chi connectivity index (χ4n) is 12.0. The van der Waals surface area contributed by atoms with Crippen molar-refractivity contribution in [2.45, 2.75) is 218 Å². The average molecular weight is 1580 g/mol. The number of aliphatic hydroxyl groups excluding tert-OH is 3. The number of aliphatic hydroxyl groups is 3. The molecule has 113 heavy (non-hydrogen) atoms. The number of amides is 15. The Morgan fingerprint density at radius 2 is 0.885 bits per heavy atom. The number of primary amides is 2. The topological polar surface area (TPSA) is 590 Å². The molecule has 3 aromatic carbocycles. The predicted octanol–water partition coefficient (Wildman–Crippen LogP) is -3.37. The van der Waals surface area contributed by atoms with Crippen molar-refractivity contribution in [3.05, 3.63) is 120 Å². The van der Waals surface area contributed by atoms with Crippen LogP contribution in [0.1, 0.15) is 130 Å². The van der Waals surface area contributed by atoms with Gasteiger partial charge in [0.1, 0.15) is 78.3 Å². The highest BCUT2D eigenvalue weighted by Gasteiger charge is 2.39. The van der Waals surface area contributed by atoms with Gasteiger partial charge in [-0.15, -0.1) is 0 Å². The minimum absolute atomic E-state index is 0.0954. The summed E-state index contributed by atoms with van der Waals surface area (Å²) in [6.07, 6.45) is -0.625. The number of rotatable bonds is 47. The number of aromatic amines is 2. The number of para-hydroxylation sites is 1. The molecule has 23 N–H and O–H groups in total. The lowest BCUT2D eigenvalue weighted by Gasteiger charge is -2.29. The normalized spacial score (nSPS) is 15.0. The maximum atomic E-state index is 15.3. The van der Waals surface area contributed by atoms with Crippen molar-refractivity contribution in [2.24, 2.45) is 23.3 Å². The molecule has 0 radical (unpaired) electrons. The number of benzene rings is 3. The molecule has 0 fully saturated rings. The maximum absolute atomic E-state index is 15.3. The van der Waals surface area contributed by atoms with Crippen molar-refractivity contribution in [3.8, 4) is 5.75 Å². The Morgan fingerprint density at radius 1 is 0.442 bits per heavy atom. The van der Waals surface area contributed by atoms with Crippen molar-refractivity contribution in [1.82, 2.24) is 84.1 Å². The number of nitrogens with zero attached hydrogens (tertiary/aromatic N) is 1. The number of hydrogen-bond donors (Lipinski definition) is 21. The SMILES string of the molecule is CC(=O)NCCCC[C@H](NC(=O)[C@H](Cc1ccccc1)NC(=O)[C@@H](NC(=O)[C@H](CC(C)C)NC(C)=O)[C@@H](C)O)C(=O)N[C@@H](Cc1cnc[nH]1)C(=O)N[C@@H](Cc1ccc(O)cc1)C(=O)N[C@@H](Cc1c[nH]c2ccccc12)C(=O)N[C@@H](C)C(=O)N[C@@H](CCC(N)=O)C(=O)N[C@@H](CC(C)C)C(=O)N[C@H](C(=O)N[C@@H](CO)C(N)=O)[C@@H](C)O. The predicted molar refractivity (Wildman–Crippen MR) is 410 cm³/mol. The van der Waals surface area contributed by atoms with Gasteiger partial charge >= 0.3 is 0 Å². The second kappa shape index (κ2) is 45.5. The summed E-state index contributed by atoms with van der Waals surface area (Å²) in [7, 11) is 0. The van der Waals surface area contributed by atoms with Gasteiger partial charge in [-0.25, -0.2) is 4.98 Å². The molecule has 5 aromatic rings. The zero-order valence-corrected chi connectivity index (χ0v) is 64.7. The maximum Gasteiger partial charge on any atom is 0.245 e. The monoisotopic (exact) mass is 1580 g/mol. The Bertz CT molecular complexity index is 4060. The van der Waals surface area contributed by atoms with Crippen molar-refractivity contribution in [1.29, 1.82) is 0 Å². The van der Waals surface area contributed by atoms with E-state index in [4.69, 9.17) is 11.5 Å². The molecule has 2 heterocycles. The van der Waals surface area contributed by atoms with Gasteiger partial charge in [0.2, 0.25) is 88.6 Å². The van der Waals surface area contributed by atoms with Crippen LogP contribution in [-0.4, -0.2) is 222 Å². The highest BCUT2D eigenvalue weighted by atomic mass is 16.3. The molecule has 15 amide bonds. The fourth-order valence-corrected chi connectivity index (χ4v) is 12.0. The van der Waals surface area contributed by atoms with E-state index in [-0.39, 0.29) is 87.8 Å². The first kappa shape index (κ1) is 91.7. The summed E-state index contributed by atoms with van der Waals surface area (Å²) in [6.45, 7) is 12.4. The summed E-state index contributed by atoms with van der Waals surface area (Å²) < 4.78 is 0. The van der Waals surface area contributed by atoms with Crippen LogP contribution in [0.3, 0.4) is 0 Å². The summed E-state index contributed by atoms with van der Waals surface area (Å²) in [5, 5.41) is 75.2. The van der Waals surface area contributed by atoms with E-state index in [0.29, 0.717) is 33.3 Å². The number of imidazole rings is 1. The third-order valence-electron chi connectivity index (χ3n) is 18.0. The molecule has 0 saturated heterocycles. The molecule has 37 nitrogen and oxygen atoms in total. The first-order valence-corrected chi connectivity index (χ1v) is 37.2. The van der Waals surface area contributed by atoms with E-state index >= 15 is 14.4 Å². The lowest BCUT2D eigenvalue weighted by atomic mass is 10.0. The third kappa shape index (κ3) is 31.1. The summed E-state index contributed by atoms with van der Waals surface area (Å²) in [4.78, 5) is 217. The number of aromatic nitrogens is 3. The molecule has 0 aliphatic rings.